The van der Waals surface area contributed by atoms with Crippen molar-refractivity contribution >= 4 is 0 Å². The van der Waals surface area contributed by atoms with Crippen LogP contribution in [0.4, 0.5) is 0 Å². The van der Waals surface area contributed by atoms with Crippen molar-refractivity contribution in [1.29, 1.82) is 0 Å². The van der Waals surface area contributed by atoms with Gasteiger partial charge in [0.2, 0.25) is 0 Å². The van der Waals surface area contributed by atoms with Gasteiger partial charge in [-0.3, -0.25) is 0 Å². The summed E-state index contributed by atoms with van der Waals surface area (Å²) in [7, 11) is 0. The SMILES string of the molecule is CC(C)C1CCCCC12CNCC1(CCCCC1)O2. The van der Waals surface area contributed by atoms with Gasteiger partial charge in [-0.05, 0) is 37.5 Å². The van der Waals surface area contributed by atoms with Crippen molar-refractivity contribution in [2.75, 3.05) is 13.1 Å². The van der Waals surface area contributed by atoms with Crippen molar-refractivity contribution < 1.29 is 4.74 Å². The van der Waals surface area contributed by atoms with E-state index in [0.717, 1.165) is 24.9 Å². The van der Waals surface area contributed by atoms with Gasteiger partial charge in [0, 0.05) is 13.1 Å². The third-order valence-electron chi connectivity index (χ3n) is 5.90. The first-order chi connectivity index (χ1) is 9.16. The van der Waals surface area contributed by atoms with E-state index in [2.05, 4.69) is 19.2 Å². The second-order valence-corrected chi connectivity index (χ2v) is 7.61. The molecule has 2 atom stereocenters. The van der Waals surface area contributed by atoms with Crippen LogP contribution in [0.2, 0.25) is 0 Å². The highest BCUT2D eigenvalue weighted by Gasteiger charge is 2.51. The Morgan fingerprint density at radius 3 is 2.42 bits per heavy atom. The maximum atomic E-state index is 6.95. The fourth-order valence-corrected chi connectivity index (χ4v) is 5.00. The number of hydrogen-bond donors (Lipinski definition) is 1. The normalized spacial score (nSPS) is 39.0. The van der Waals surface area contributed by atoms with Gasteiger partial charge >= 0.3 is 0 Å². The molecular weight excluding hydrogens is 234 g/mol. The second-order valence-electron chi connectivity index (χ2n) is 7.61. The van der Waals surface area contributed by atoms with Crippen LogP contribution in [0.1, 0.15) is 71.6 Å². The first-order valence-corrected chi connectivity index (χ1v) is 8.57. The summed E-state index contributed by atoms with van der Waals surface area (Å²) in [6.07, 6.45) is 12.1. The average Bonchev–Trinajstić information content (AvgIpc) is 2.39. The van der Waals surface area contributed by atoms with Crippen molar-refractivity contribution in [2.45, 2.75) is 82.8 Å². The molecule has 1 aliphatic heterocycles. The van der Waals surface area contributed by atoms with Gasteiger partial charge in [-0.15, -0.1) is 0 Å². The van der Waals surface area contributed by atoms with Crippen LogP contribution in [-0.2, 0) is 4.74 Å². The second kappa shape index (κ2) is 5.37. The molecule has 1 N–H and O–H groups in total. The lowest BCUT2D eigenvalue weighted by Gasteiger charge is -2.56. The Balaban J connectivity index is 1.81. The van der Waals surface area contributed by atoms with Gasteiger partial charge in [0.1, 0.15) is 0 Å². The quantitative estimate of drug-likeness (QED) is 0.776. The van der Waals surface area contributed by atoms with E-state index < -0.39 is 0 Å². The molecule has 2 heteroatoms. The van der Waals surface area contributed by atoms with Crippen LogP contribution in [0.25, 0.3) is 0 Å². The van der Waals surface area contributed by atoms with Crippen molar-refractivity contribution in [3.8, 4) is 0 Å². The lowest BCUT2D eigenvalue weighted by molar-refractivity contribution is -0.230. The molecular formula is C17H31NO. The maximum absolute atomic E-state index is 6.95. The largest absolute Gasteiger partial charge is 0.366 e. The Kier molecular flexibility index (Phi) is 3.92. The lowest BCUT2D eigenvalue weighted by Crippen LogP contribution is -2.65. The maximum Gasteiger partial charge on any atom is 0.0844 e. The molecule has 0 aromatic heterocycles. The Labute approximate surface area is 118 Å². The minimum atomic E-state index is 0.155. The predicted octanol–water partition coefficient (Wildman–Crippen LogP) is 3.89. The Hall–Kier alpha value is -0.0800. The zero-order chi connectivity index (χ0) is 13.3. The number of rotatable bonds is 1. The van der Waals surface area contributed by atoms with Crippen molar-refractivity contribution in [2.24, 2.45) is 11.8 Å². The van der Waals surface area contributed by atoms with Crippen LogP contribution in [0.15, 0.2) is 0 Å². The molecule has 0 amide bonds. The van der Waals surface area contributed by atoms with E-state index in [4.69, 9.17) is 4.74 Å². The van der Waals surface area contributed by atoms with E-state index in [1.807, 2.05) is 0 Å². The minimum Gasteiger partial charge on any atom is -0.366 e. The highest BCUT2D eigenvalue weighted by atomic mass is 16.5. The average molecular weight is 265 g/mol. The van der Waals surface area contributed by atoms with Gasteiger partial charge in [0.05, 0.1) is 11.2 Å². The van der Waals surface area contributed by atoms with E-state index in [9.17, 15) is 0 Å². The first-order valence-electron chi connectivity index (χ1n) is 8.57. The molecule has 1 heterocycles. The molecule has 0 bridgehead atoms. The fourth-order valence-electron chi connectivity index (χ4n) is 5.00. The number of hydrogen-bond acceptors (Lipinski definition) is 2. The zero-order valence-electron chi connectivity index (χ0n) is 12.8. The van der Waals surface area contributed by atoms with Crippen LogP contribution in [0.5, 0.6) is 0 Å². The van der Waals surface area contributed by atoms with Crippen LogP contribution in [0, 0.1) is 11.8 Å². The summed E-state index contributed by atoms with van der Waals surface area (Å²) < 4.78 is 6.95. The monoisotopic (exact) mass is 265 g/mol. The van der Waals surface area contributed by atoms with E-state index >= 15 is 0 Å². The van der Waals surface area contributed by atoms with Crippen LogP contribution in [0.3, 0.4) is 0 Å². The number of morpholine rings is 1. The Bertz CT molecular complexity index is 299. The van der Waals surface area contributed by atoms with Gasteiger partial charge in [0.15, 0.2) is 0 Å². The van der Waals surface area contributed by atoms with Crippen LogP contribution in [-0.4, -0.2) is 24.3 Å². The molecule has 2 spiro atoms. The molecule has 110 valence electrons. The van der Waals surface area contributed by atoms with E-state index in [1.54, 1.807) is 0 Å². The molecule has 0 radical (unpaired) electrons. The molecule has 2 saturated carbocycles. The summed E-state index contributed by atoms with van der Waals surface area (Å²) in [6, 6.07) is 0. The van der Waals surface area contributed by atoms with Crippen molar-refractivity contribution in [1.82, 2.24) is 5.32 Å². The van der Waals surface area contributed by atoms with Gasteiger partial charge in [-0.2, -0.15) is 0 Å². The summed E-state index contributed by atoms with van der Waals surface area (Å²) >= 11 is 0. The molecule has 0 aromatic carbocycles. The van der Waals surface area contributed by atoms with Gasteiger partial charge < -0.3 is 10.1 Å². The van der Waals surface area contributed by atoms with Crippen LogP contribution < -0.4 is 5.32 Å². The summed E-state index contributed by atoms with van der Waals surface area (Å²) in [5.74, 6) is 1.51. The standard InChI is InChI=1S/C17H31NO/c1-14(2)15-8-4-7-11-17(15)13-18-12-16(19-17)9-5-3-6-10-16/h14-15,18H,3-13H2,1-2H3. The van der Waals surface area contributed by atoms with E-state index in [-0.39, 0.29) is 11.2 Å². The summed E-state index contributed by atoms with van der Waals surface area (Å²) in [5.41, 5.74) is 0.336. The minimum absolute atomic E-state index is 0.155. The predicted molar refractivity (Wildman–Crippen MR) is 79.3 cm³/mol. The third-order valence-corrected chi connectivity index (χ3v) is 5.90. The molecule has 3 aliphatic rings. The summed E-state index contributed by atoms with van der Waals surface area (Å²) in [6.45, 7) is 6.98. The smallest absolute Gasteiger partial charge is 0.0844 e. The van der Waals surface area contributed by atoms with E-state index in [1.165, 1.54) is 57.8 Å². The summed E-state index contributed by atoms with van der Waals surface area (Å²) in [5, 5.41) is 3.77. The molecule has 1 saturated heterocycles. The molecule has 3 fully saturated rings. The van der Waals surface area contributed by atoms with Gasteiger partial charge in [-0.1, -0.05) is 46.0 Å². The van der Waals surface area contributed by atoms with Gasteiger partial charge in [0.25, 0.3) is 0 Å². The Morgan fingerprint density at radius 2 is 1.68 bits per heavy atom. The Morgan fingerprint density at radius 1 is 0.947 bits per heavy atom. The zero-order valence-corrected chi connectivity index (χ0v) is 12.8. The highest BCUT2D eigenvalue weighted by molar-refractivity contribution is 5.03. The molecule has 2 nitrogen and oxygen atoms in total. The fraction of sp³-hybridized carbons (Fsp3) is 1.00. The van der Waals surface area contributed by atoms with Crippen molar-refractivity contribution in [3.63, 3.8) is 0 Å². The molecule has 2 unspecified atom stereocenters. The molecule has 2 aliphatic carbocycles. The molecule has 3 rings (SSSR count). The molecule has 19 heavy (non-hydrogen) atoms. The third kappa shape index (κ3) is 2.58. The summed E-state index contributed by atoms with van der Waals surface area (Å²) in [4.78, 5) is 0. The van der Waals surface area contributed by atoms with E-state index in [0.29, 0.717) is 0 Å². The molecule has 0 aromatic rings. The first kappa shape index (κ1) is 13.9. The highest BCUT2D eigenvalue weighted by Crippen LogP contribution is 2.47. The number of nitrogens with one attached hydrogen (secondary N) is 1. The van der Waals surface area contributed by atoms with Crippen LogP contribution >= 0.6 is 0 Å². The lowest BCUT2D eigenvalue weighted by atomic mass is 9.68. The topological polar surface area (TPSA) is 21.3 Å². The number of ether oxygens (including phenoxy) is 1. The van der Waals surface area contributed by atoms with Crippen molar-refractivity contribution in [3.05, 3.63) is 0 Å². The van der Waals surface area contributed by atoms with Gasteiger partial charge in [-0.25, -0.2) is 0 Å².